The number of hydrogen-bond donors (Lipinski definition) is 0. The summed E-state index contributed by atoms with van der Waals surface area (Å²) in [5, 5.41) is 18.9. The number of rotatable bonds is 5. The molecule has 0 radical (unpaired) electrons. The maximum absolute atomic E-state index is 15.3. The van der Waals surface area contributed by atoms with Gasteiger partial charge >= 0.3 is 0 Å². The number of nitrogens with zero attached hydrogens (tertiary/aromatic N) is 2. The summed E-state index contributed by atoms with van der Waals surface area (Å²) in [6, 6.07) is 2.56. The van der Waals surface area contributed by atoms with Crippen LogP contribution in [0.4, 0.5) is 48.3 Å². The standard InChI is InChI=1S/C31H16F11IN2/c1-9(10(2)17-27(39)24(36)16(8-45)31(43)30(17)42)15(11(3)18-25(37)20(32)12(4)21(33)26(18)38)6-14(7-44)19-28(40)22(34)13(5)23(35)29(19)41/h6H,1-5H3/b10-9-,14-6+,15-11+. The number of hydrogen-bond acceptors (Lipinski definition) is 2. The van der Waals surface area contributed by atoms with Crippen LogP contribution >= 0.6 is 22.6 Å². The first-order valence-corrected chi connectivity index (χ1v) is 13.4. The Morgan fingerprint density at radius 3 is 1.33 bits per heavy atom. The van der Waals surface area contributed by atoms with E-state index in [0.29, 0.717) is 19.9 Å². The highest BCUT2D eigenvalue weighted by atomic mass is 127. The van der Waals surface area contributed by atoms with Crippen LogP contribution in [-0.4, -0.2) is 0 Å². The molecule has 3 aromatic rings. The Morgan fingerprint density at radius 2 is 0.933 bits per heavy atom. The Balaban J connectivity index is 2.63. The van der Waals surface area contributed by atoms with E-state index in [1.807, 2.05) is 0 Å². The third-order valence-electron chi connectivity index (χ3n) is 7.14. The lowest BCUT2D eigenvalue weighted by atomic mass is 9.87. The monoisotopic (exact) mass is 752 g/mol. The minimum absolute atomic E-state index is 0.416. The molecule has 0 aliphatic carbocycles. The topological polar surface area (TPSA) is 47.6 Å². The van der Waals surface area contributed by atoms with Gasteiger partial charge in [0.25, 0.3) is 0 Å². The molecule has 45 heavy (non-hydrogen) atoms. The van der Waals surface area contributed by atoms with Gasteiger partial charge in [0, 0.05) is 11.1 Å². The molecule has 0 heterocycles. The van der Waals surface area contributed by atoms with Gasteiger partial charge in [-0.15, -0.1) is 0 Å². The average molecular weight is 752 g/mol. The van der Waals surface area contributed by atoms with Crippen LogP contribution in [0.5, 0.6) is 0 Å². The lowest BCUT2D eigenvalue weighted by molar-refractivity contribution is 0.441. The van der Waals surface area contributed by atoms with E-state index in [2.05, 4.69) is 0 Å². The van der Waals surface area contributed by atoms with Crippen molar-refractivity contribution in [1.82, 2.24) is 0 Å². The summed E-state index contributed by atoms with van der Waals surface area (Å²) in [5.41, 5.74) is -11.3. The van der Waals surface area contributed by atoms with Crippen molar-refractivity contribution < 1.29 is 48.3 Å². The minimum Gasteiger partial charge on any atom is -0.205 e. The van der Waals surface area contributed by atoms with E-state index in [4.69, 9.17) is 5.26 Å². The molecule has 0 fully saturated rings. The van der Waals surface area contributed by atoms with Gasteiger partial charge in [0.2, 0.25) is 0 Å². The first-order chi connectivity index (χ1) is 20.9. The fourth-order valence-corrected chi connectivity index (χ4v) is 5.06. The predicted octanol–water partition coefficient (Wildman–Crippen LogP) is 10.2. The number of nitriles is 2. The van der Waals surface area contributed by atoms with Crippen molar-refractivity contribution in [3.63, 3.8) is 0 Å². The summed E-state index contributed by atoms with van der Waals surface area (Å²) < 4.78 is 162. The van der Waals surface area contributed by atoms with Crippen LogP contribution in [0.3, 0.4) is 0 Å². The summed E-state index contributed by atoms with van der Waals surface area (Å²) in [5.74, 6) is -20.7. The zero-order valence-electron chi connectivity index (χ0n) is 23.5. The summed E-state index contributed by atoms with van der Waals surface area (Å²) >= 11 is 1.21. The van der Waals surface area contributed by atoms with Gasteiger partial charge in [-0.2, -0.15) is 10.5 Å². The molecule has 0 N–H and O–H groups in total. The molecule has 14 heteroatoms. The fourth-order valence-electron chi connectivity index (χ4n) is 4.43. The Labute approximate surface area is 262 Å². The first kappa shape index (κ1) is 35.3. The van der Waals surface area contributed by atoms with Crippen LogP contribution in [0.15, 0.2) is 17.2 Å². The summed E-state index contributed by atoms with van der Waals surface area (Å²) in [7, 11) is 0. The fraction of sp³-hybridized carbons (Fsp3) is 0.161. The van der Waals surface area contributed by atoms with Crippen molar-refractivity contribution in [3.8, 4) is 12.1 Å². The zero-order valence-corrected chi connectivity index (χ0v) is 25.7. The summed E-state index contributed by atoms with van der Waals surface area (Å²) in [6.45, 7) is 4.13. The lowest BCUT2D eigenvalue weighted by Crippen LogP contribution is -2.09. The highest BCUT2D eigenvalue weighted by molar-refractivity contribution is 14.1. The third kappa shape index (κ3) is 5.72. The van der Waals surface area contributed by atoms with Gasteiger partial charge in [0.05, 0.1) is 31.9 Å². The molecule has 0 bridgehead atoms. The largest absolute Gasteiger partial charge is 0.205 e. The van der Waals surface area contributed by atoms with Crippen molar-refractivity contribution in [2.45, 2.75) is 34.6 Å². The van der Waals surface area contributed by atoms with Crippen LogP contribution in [0.25, 0.3) is 16.7 Å². The molecule has 0 amide bonds. The zero-order chi connectivity index (χ0) is 34.4. The molecule has 0 atom stereocenters. The van der Waals surface area contributed by atoms with E-state index in [1.165, 1.54) is 34.7 Å². The molecule has 0 aliphatic rings. The molecular weight excluding hydrogens is 736 g/mol. The second-order valence-corrected chi connectivity index (χ2v) is 10.7. The molecule has 0 aliphatic heterocycles. The van der Waals surface area contributed by atoms with Gasteiger partial charge in [-0.25, -0.2) is 48.3 Å². The Bertz CT molecular complexity index is 1910. The van der Waals surface area contributed by atoms with Crippen molar-refractivity contribution in [2.75, 3.05) is 0 Å². The molecule has 0 unspecified atom stereocenters. The SMILES string of the molecule is CC(=C(\C)c1c(F)c(F)c(C#N)c(I)c1F)/C(/C=C(\C#N)c1c(F)c(F)c(C)c(F)c1F)=C(\C)c1c(F)c(F)c(C)c(F)c1F. The van der Waals surface area contributed by atoms with Gasteiger partial charge in [0.1, 0.15) is 17.4 Å². The van der Waals surface area contributed by atoms with E-state index in [9.17, 15) is 36.0 Å². The second-order valence-electron chi connectivity index (χ2n) is 9.59. The van der Waals surface area contributed by atoms with Gasteiger partial charge in [-0.3, -0.25) is 0 Å². The highest BCUT2D eigenvalue weighted by Gasteiger charge is 2.30. The number of halogens is 12. The Hall–Kier alpha value is -4.18. The predicted molar refractivity (Wildman–Crippen MR) is 150 cm³/mol. The maximum Gasteiger partial charge on any atom is 0.178 e. The molecule has 0 saturated carbocycles. The van der Waals surface area contributed by atoms with Crippen molar-refractivity contribution in [2.24, 2.45) is 0 Å². The van der Waals surface area contributed by atoms with Crippen molar-refractivity contribution in [3.05, 3.63) is 118 Å². The van der Waals surface area contributed by atoms with Crippen LogP contribution < -0.4 is 0 Å². The molecule has 0 aromatic heterocycles. The van der Waals surface area contributed by atoms with Crippen LogP contribution in [-0.2, 0) is 0 Å². The van der Waals surface area contributed by atoms with Crippen molar-refractivity contribution >= 4 is 39.3 Å². The van der Waals surface area contributed by atoms with Crippen LogP contribution in [0.1, 0.15) is 54.2 Å². The van der Waals surface area contributed by atoms with E-state index < -0.39 is 129 Å². The highest BCUT2D eigenvalue weighted by Crippen LogP contribution is 2.39. The summed E-state index contributed by atoms with van der Waals surface area (Å²) in [6.07, 6.45) is 0.416. The third-order valence-corrected chi connectivity index (χ3v) is 8.15. The van der Waals surface area contributed by atoms with Crippen molar-refractivity contribution in [1.29, 1.82) is 10.5 Å². The first-order valence-electron chi connectivity index (χ1n) is 12.3. The Morgan fingerprint density at radius 1 is 0.556 bits per heavy atom. The van der Waals surface area contributed by atoms with Crippen LogP contribution in [0.2, 0.25) is 0 Å². The second kappa shape index (κ2) is 13.0. The maximum atomic E-state index is 15.3. The number of allylic oxidation sites excluding steroid dienone is 6. The van der Waals surface area contributed by atoms with Gasteiger partial charge in [0.15, 0.2) is 58.2 Å². The average Bonchev–Trinajstić information content (AvgIpc) is 3.01. The molecule has 0 saturated heterocycles. The molecule has 234 valence electrons. The van der Waals surface area contributed by atoms with Crippen LogP contribution in [0, 0.1) is 104 Å². The summed E-state index contributed by atoms with van der Waals surface area (Å²) in [4.78, 5) is 0. The van der Waals surface area contributed by atoms with Gasteiger partial charge in [-0.1, -0.05) is 0 Å². The normalized spacial score (nSPS) is 12.9. The molecule has 3 aromatic carbocycles. The Kier molecular flexibility index (Phi) is 10.2. The lowest BCUT2D eigenvalue weighted by Gasteiger charge is -2.18. The quantitative estimate of drug-likeness (QED) is 0.0857. The molecular formula is C31H16F11IN2. The van der Waals surface area contributed by atoms with E-state index >= 15 is 17.6 Å². The van der Waals surface area contributed by atoms with E-state index in [-0.39, 0.29) is 0 Å². The molecule has 2 nitrogen and oxygen atoms in total. The molecule has 3 rings (SSSR count). The van der Waals surface area contributed by atoms with E-state index in [0.717, 1.165) is 20.8 Å². The molecule has 0 spiro atoms. The van der Waals surface area contributed by atoms with Gasteiger partial charge < -0.3 is 0 Å². The smallest absolute Gasteiger partial charge is 0.178 e. The van der Waals surface area contributed by atoms with Gasteiger partial charge in [-0.05, 0) is 85.6 Å². The van der Waals surface area contributed by atoms with E-state index in [1.54, 1.807) is 0 Å². The minimum atomic E-state index is -2.06. The number of benzene rings is 3.